The number of carbonyl (C=O) groups is 1. The zero-order valence-corrected chi connectivity index (χ0v) is 19.8. The Kier molecular flexibility index (Phi) is 5.79. The summed E-state index contributed by atoms with van der Waals surface area (Å²) in [4.78, 5) is 40.9. The zero-order chi connectivity index (χ0) is 23.8. The molecule has 0 spiro atoms. The molecule has 0 atom stereocenters. The van der Waals surface area contributed by atoms with Crippen LogP contribution < -0.4 is 15.8 Å². The summed E-state index contributed by atoms with van der Waals surface area (Å²) in [5, 5.41) is 2.62. The van der Waals surface area contributed by atoms with Crippen LogP contribution in [0.5, 0.6) is 0 Å². The van der Waals surface area contributed by atoms with Gasteiger partial charge >= 0.3 is 0 Å². The minimum absolute atomic E-state index is 0.0322. The molecular formula is C25H29N7O2. The van der Waals surface area contributed by atoms with Crippen LogP contribution in [0.15, 0.2) is 41.6 Å². The first-order chi connectivity index (χ1) is 16.4. The fraction of sp³-hybridized carbons (Fsp3) is 0.360. The first-order valence-corrected chi connectivity index (χ1v) is 11.6. The summed E-state index contributed by atoms with van der Waals surface area (Å²) in [5.41, 5.74) is 6.93. The van der Waals surface area contributed by atoms with Gasteiger partial charge in [0.2, 0.25) is 0 Å². The van der Waals surface area contributed by atoms with Crippen molar-refractivity contribution in [3.05, 3.63) is 69.5 Å². The van der Waals surface area contributed by atoms with Gasteiger partial charge in [-0.05, 0) is 42.7 Å². The highest BCUT2D eigenvalue weighted by atomic mass is 16.1. The number of amides is 1. The first kappa shape index (κ1) is 22.1. The Morgan fingerprint density at radius 3 is 2.68 bits per heavy atom. The van der Waals surface area contributed by atoms with Crippen LogP contribution in [0.25, 0.3) is 16.7 Å². The predicted octanol–water partition coefficient (Wildman–Crippen LogP) is 2.12. The van der Waals surface area contributed by atoms with Gasteiger partial charge in [-0.3, -0.25) is 19.5 Å². The molecule has 0 aliphatic carbocycles. The van der Waals surface area contributed by atoms with Gasteiger partial charge in [0.1, 0.15) is 11.3 Å². The minimum Gasteiger partial charge on any atom is -0.368 e. The molecule has 4 aromatic rings. The van der Waals surface area contributed by atoms with E-state index in [-0.39, 0.29) is 11.5 Å². The molecule has 1 fully saturated rings. The van der Waals surface area contributed by atoms with E-state index in [1.54, 1.807) is 13.2 Å². The number of pyridine rings is 3. The van der Waals surface area contributed by atoms with E-state index < -0.39 is 0 Å². The van der Waals surface area contributed by atoms with E-state index in [1.807, 2.05) is 35.7 Å². The maximum absolute atomic E-state index is 12.2. The summed E-state index contributed by atoms with van der Waals surface area (Å²) >= 11 is 0. The van der Waals surface area contributed by atoms with Crippen molar-refractivity contribution in [3.8, 4) is 0 Å². The molecule has 0 unspecified atom stereocenters. The van der Waals surface area contributed by atoms with E-state index >= 15 is 0 Å². The number of fused-ring (bicyclic) bond motifs is 2. The van der Waals surface area contributed by atoms with Crippen molar-refractivity contribution in [2.24, 2.45) is 0 Å². The standard InChI is InChI=1S/C25H29N7O2/c1-4-18-11-19-20(29-24(18)33)10-17(12-27-19)13-30-5-7-31(8-6-30)22-15-32-14-21(25(34)26-3)28-23(32)9-16(22)2/h9-12,14-15H,4-8,13H2,1-3H3,(H,26,34)(H,29,33). The van der Waals surface area contributed by atoms with Crippen molar-refractivity contribution in [2.75, 3.05) is 38.1 Å². The van der Waals surface area contributed by atoms with E-state index in [0.29, 0.717) is 12.1 Å². The van der Waals surface area contributed by atoms with Crippen molar-refractivity contribution in [2.45, 2.75) is 26.8 Å². The molecule has 2 N–H and O–H groups in total. The van der Waals surface area contributed by atoms with Gasteiger partial charge in [-0.15, -0.1) is 0 Å². The number of aromatic amines is 1. The van der Waals surface area contributed by atoms with Gasteiger partial charge in [-0.2, -0.15) is 0 Å². The molecule has 1 aliphatic heterocycles. The van der Waals surface area contributed by atoms with E-state index in [2.05, 4.69) is 43.2 Å². The monoisotopic (exact) mass is 459 g/mol. The van der Waals surface area contributed by atoms with Crippen LogP contribution in [0.3, 0.4) is 0 Å². The SMILES string of the molecule is CCc1cc2ncc(CN3CCN(c4cn5cc(C(=O)NC)nc5cc4C)CC3)cc2[nH]c1=O. The second kappa shape index (κ2) is 8.90. The molecule has 34 heavy (non-hydrogen) atoms. The molecule has 4 aromatic heterocycles. The number of rotatable bonds is 5. The number of carbonyl (C=O) groups excluding carboxylic acids is 1. The highest BCUT2D eigenvalue weighted by molar-refractivity contribution is 5.92. The Hall–Kier alpha value is -3.72. The number of nitrogens with one attached hydrogen (secondary N) is 2. The third kappa shape index (κ3) is 4.14. The highest BCUT2D eigenvalue weighted by Gasteiger charge is 2.20. The molecule has 0 bridgehead atoms. The van der Waals surface area contributed by atoms with Gasteiger partial charge in [-0.1, -0.05) is 6.92 Å². The summed E-state index contributed by atoms with van der Waals surface area (Å²) < 4.78 is 1.92. The van der Waals surface area contributed by atoms with E-state index in [9.17, 15) is 9.59 Å². The molecule has 1 aliphatic rings. The molecule has 5 heterocycles. The van der Waals surface area contributed by atoms with Gasteiger partial charge in [0, 0.05) is 63.9 Å². The van der Waals surface area contributed by atoms with Crippen LogP contribution in [-0.2, 0) is 13.0 Å². The molecular weight excluding hydrogens is 430 g/mol. The minimum atomic E-state index is -0.186. The van der Waals surface area contributed by atoms with E-state index in [1.165, 1.54) is 0 Å². The fourth-order valence-electron chi connectivity index (χ4n) is 4.61. The largest absolute Gasteiger partial charge is 0.368 e. The average Bonchev–Trinajstić information content (AvgIpc) is 3.26. The summed E-state index contributed by atoms with van der Waals surface area (Å²) in [6, 6.07) is 5.95. The van der Waals surface area contributed by atoms with Crippen molar-refractivity contribution in [1.82, 2.24) is 29.6 Å². The van der Waals surface area contributed by atoms with Crippen LogP contribution >= 0.6 is 0 Å². The molecule has 9 heteroatoms. The number of hydrogen-bond donors (Lipinski definition) is 2. The number of anilines is 1. The first-order valence-electron chi connectivity index (χ1n) is 11.6. The maximum atomic E-state index is 12.2. The van der Waals surface area contributed by atoms with Gasteiger partial charge < -0.3 is 19.6 Å². The number of aryl methyl sites for hydroxylation is 2. The lowest BCUT2D eigenvalue weighted by atomic mass is 10.1. The third-order valence-corrected chi connectivity index (χ3v) is 6.56. The number of piperazine rings is 1. The van der Waals surface area contributed by atoms with Crippen LogP contribution in [0, 0.1) is 6.92 Å². The summed E-state index contributed by atoms with van der Waals surface area (Å²) in [5.74, 6) is -0.186. The third-order valence-electron chi connectivity index (χ3n) is 6.56. The van der Waals surface area contributed by atoms with Crippen LogP contribution in [0.4, 0.5) is 5.69 Å². The van der Waals surface area contributed by atoms with Gasteiger partial charge in [-0.25, -0.2) is 4.98 Å². The number of aromatic nitrogens is 4. The fourth-order valence-corrected chi connectivity index (χ4v) is 4.61. The number of imidazole rings is 1. The quantitative estimate of drug-likeness (QED) is 0.474. The topological polar surface area (TPSA) is 98.6 Å². The summed E-state index contributed by atoms with van der Waals surface area (Å²) in [6.45, 7) is 8.51. The highest BCUT2D eigenvalue weighted by Crippen LogP contribution is 2.24. The smallest absolute Gasteiger partial charge is 0.271 e. The van der Waals surface area contributed by atoms with Crippen molar-refractivity contribution < 1.29 is 4.79 Å². The summed E-state index contributed by atoms with van der Waals surface area (Å²) in [6.07, 6.45) is 6.44. The predicted molar refractivity (Wildman–Crippen MR) is 133 cm³/mol. The Morgan fingerprint density at radius 2 is 1.94 bits per heavy atom. The second-order valence-electron chi connectivity index (χ2n) is 8.83. The number of nitrogens with zero attached hydrogens (tertiary/aromatic N) is 5. The Labute approximate surface area is 197 Å². The Bertz CT molecular complexity index is 1430. The molecule has 0 aromatic carbocycles. The van der Waals surface area contributed by atoms with Crippen molar-refractivity contribution >= 4 is 28.3 Å². The molecule has 5 rings (SSSR count). The molecule has 0 saturated carbocycles. The van der Waals surface area contributed by atoms with Crippen molar-refractivity contribution in [3.63, 3.8) is 0 Å². The molecule has 0 radical (unpaired) electrons. The van der Waals surface area contributed by atoms with Crippen LogP contribution in [0.2, 0.25) is 0 Å². The van der Waals surface area contributed by atoms with Crippen molar-refractivity contribution in [1.29, 1.82) is 0 Å². The van der Waals surface area contributed by atoms with Gasteiger partial charge in [0.25, 0.3) is 11.5 Å². The molecule has 176 valence electrons. The van der Waals surface area contributed by atoms with E-state index in [0.717, 1.165) is 71.8 Å². The lowest BCUT2D eigenvalue weighted by Gasteiger charge is -2.36. The van der Waals surface area contributed by atoms with Crippen LogP contribution in [0.1, 0.15) is 34.1 Å². The average molecular weight is 460 g/mol. The lowest BCUT2D eigenvalue weighted by molar-refractivity contribution is 0.0958. The number of hydrogen-bond acceptors (Lipinski definition) is 6. The molecule has 9 nitrogen and oxygen atoms in total. The number of H-pyrrole nitrogens is 1. The normalized spacial score (nSPS) is 14.7. The van der Waals surface area contributed by atoms with Gasteiger partial charge in [0.15, 0.2) is 0 Å². The zero-order valence-electron chi connectivity index (χ0n) is 19.8. The lowest BCUT2D eigenvalue weighted by Crippen LogP contribution is -2.46. The van der Waals surface area contributed by atoms with E-state index in [4.69, 9.17) is 0 Å². The Morgan fingerprint density at radius 1 is 1.15 bits per heavy atom. The van der Waals surface area contributed by atoms with Gasteiger partial charge in [0.05, 0.1) is 16.7 Å². The molecule has 1 amide bonds. The second-order valence-corrected chi connectivity index (χ2v) is 8.83. The molecule has 1 saturated heterocycles. The maximum Gasteiger partial charge on any atom is 0.271 e. The Balaban J connectivity index is 1.28. The summed E-state index contributed by atoms with van der Waals surface area (Å²) in [7, 11) is 1.61. The van der Waals surface area contributed by atoms with Crippen LogP contribution in [-0.4, -0.2) is 63.4 Å².